The van der Waals surface area contributed by atoms with Gasteiger partial charge in [-0.3, -0.25) is 0 Å². The third-order valence-electron chi connectivity index (χ3n) is 4.50. The maximum absolute atomic E-state index is 9.13. The minimum absolute atomic E-state index is 0.166. The molecule has 0 aromatic heterocycles. The summed E-state index contributed by atoms with van der Waals surface area (Å²) < 4.78 is 0. The fraction of sp³-hybridized carbons (Fsp3) is 0.647. The molecule has 1 aromatic carbocycles. The van der Waals surface area contributed by atoms with Crippen LogP contribution >= 0.6 is 0 Å². The van der Waals surface area contributed by atoms with Crippen LogP contribution in [0.25, 0.3) is 0 Å². The molecule has 0 fully saturated rings. The number of nitrogens with one attached hydrogen (secondary N) is 1. The lowest BCUT2D eigenvalue weighted by atomic mass is 9.96. The first kappa shape index (κ1) is 16.3. The predicted molar refractivity (Wildman–Crippen MR) is 88.7 cm³/mol. The van der Waals surface area contributed by atoms with Crippen LogP contribution in [-0.2, 0) is 6.42 Å². The van der Waals surface area contributed by atoms with Gasteiger partial charge in [0.05, 0.1) is 0 Å². The molecule has 2 atom stereocenters. The molecule has 21 heavy (non-hydrogen) atoms. The Labute approximate surface area is 128 Å². The first-order valence-electron chi connectivity index (χ1n) is 8.10. The van der Waals surface area contributed by atoms with Gasteiger partial charge in [-0.1, -0.05) is 19.1 Å². The molecule has 0 radical (unpaired) electrons. The summed E-state index contributed by atoms with van der Waals surface area (Å²) >= 11 is 0. The van der Waals surface area contributed by atoms with Crippen LogP contribution < -0.4 is 16.0 Å². The molecule has 2 rings (SSSR count). The van der Waals surface area contributed by atoms with Gasteiger partial charge in [0.25, 0.3) is 0 Å². The fourth-order valence-corrected chi connectivity index (χ4v) is 3.17. The van der Waals surface area contributed by atoms with E-state index < -0.39 is 0 Å². The Balaban J connectivity index is 2.14. The fourth-order valence-electron chi connectivity index (χ4n) is 3.17. The van der Waals surface area contributed by atoms with Crippen molar-refractivity contribution in [1.29, 1.82) is 0 Å². The van der Waals surface area contributed by atoms with Crippen molar-refractivity contribution < 1.29 is 5.11 Å². The number of aliphatic hydroxyl groups is 1. The van der Waals surface area contributed by atoms with Crippen molar-refractivity contribution in [2.45, 2.75) is 44.7 Å². The second kappa shape index (κ2) is 7.78. The lowest BCUT2D eigenvalue weighted by molar-refractivity contribution is 0.256. The smallest absolute Gasteiger partial charge is 0.0446 e. The first-order valence-corrected chi connectivity index (χ1v) is 8.10. The second-order valence-corrected chi connectivity index (χ2v) is 5.99. The van der Waals surface area contributed by atoms with Crippen molar-refractivity contribution in [3.05, 3.63) is 29.3 Å². The van der Waals surface area contributed by atoms with E-state index >= 15 is 0 Å². The highest BCUT2D eigenvalue weighted by molar-refractivity contribution is 5.56. The van der Waals surface area contributed by atoms with Crippen LogP contribution in [0.1, 0.15) is 43.4 Å². The van der Waals surface area contributed by atoms with Gasteiger partial charge in [0.15, 0.2) is 0 Å². The highest BCUT2D eigenvalue weighted by Crippen LogP contribution is 2.28. The Morgan fingerprint density at radius 2 is 2.24 bits per heavy atom. The molecule has 1 aliphatic rings. The molecule has 1 heterocycles. The molecule has 4 N–H and O–H groups in total. The number of hydrogen-bond donors (Lipinski definition) is 3. The standard InChI is InChI=1S/C17H29N3O/c1-3-15(8-10-21)19-16(12-18)13-6-7-17-14(11-13)5-4-9-20(17)2/h6-7,11,15-16,19,21H,3-5,8-10,12,18H2,1-2H3. The molecular formula is C17H29N3O. The van der Waals surface area contributed by atoms with Crippen molar-refractivity contribution >= 4 is 5.69 Å². The quantitative estimate of drug-likeness (QED) is 0.717. The Morgan fingerprint density at radius 3 is 2.90 bits per heavy atom. The van der Waals surface area contributed by atoms with E-state index in [0.717, 1.165) is 25.8 Å². The van der Waals surface area contributed by atoms with Crippen molar-refractivity contribution in [2.24, 2.45) is 5.73 Å². The van der Waals surface area contributed by atoms with Gasteiger partial charge in [0.2, 0.25) is 0 Å². The van der Waals surface area contributed by atoms with Gasteiger partial charge in [0.1, 0.15) is 0 Å². The molecule has 1 aliphatic heterocycles. The lowest BCUT2D eigenvalue weighted by Gasteiger charge is -2.30. The summed E-state index contributed by atoms with van der Waals surface area (Å²) in [4.78, 5) is 2.33. The van der Waals surface area contributed by atoms with Crippen LogP contribution in [-0.4, -0.2) is 37.9 Å². The molecule has 1 aromatic rings. The Hall–Kier alpha value is -1.10. The average molecular weight is 291 g/mol. The van der Waals surface area contributed by atoms with E-state index in [1.54, 1.807) is 0 Å². The normalized spacial score (nSPS) is 17.4. The molecule has 0 saturated heterocycles. The van der Waals surface area contributed by atoms with Gasteiger partial charge in [-0.05, 0) is 42.9 Å². The van der Waals surface area contributed by atoms with Crippen LogP contribution in [0.5, 0.6) is 0 Å². The molecule has 0 saturated carbocycles. The van der Waals surface area contributed by atoms with Crippen LogP contribution in [0, 0.1) is 0 Å². The summed E-state index contributed by atoms with van der Waals surface area (Å²) in [5.41, 5.74) is 10.0. The predicted octanol–water partition coefficient (Wildman–Crippen LogP) is 1.82. The number of aryl methyl sites for hydroxylation is 1. The highest BCUT2D eigenvalue weighted by atomic mass is 16.3. The number of hydrogen-bond acceptors (Lipinski definition) is 4. The zero-order valence-electron chi connectivity index (χ0n) is 13.3. The molecule has 0 amide bonds. The summed E-state index contributed by atoms with van der Waals surface area (Å²) in [5, 5.41) is 12.7. The van der Waals surface area contributed by atoms with Crippen molar-refractivity contribution in [3.8, 4) is 0 Å². The number of fused-ring (bicyclic) bond motifs is 1. The Morgan fingerprint density at radius 1 is 1.43 bits per heavy atom. The van der Waals surface area contributed by atoms with E-state index in [1.807, 2.05) is 0 Å². The van der Waals surface area contributed by atoms with Gasteiger partial charge in [-0.25, -0.2) is 0 Å². The zero-order valence-corrected chi connectivity index (χ0v) is 13.3. The lowest BCUT2D eigenvalue weighted by Crippen LogP contribution is -2.37. The van der Waals surface area contributed by atoms with Crippen LogP contribution in [0.15, 0.2) is 18.2 Å². The number of nitrogens with two attached hydrogens (primary N) is 1. The third-order valence-corrected chi connectivity index (χ3v) is 4.50. The van der Waals surface area contributed by atoms with Crippen molar-refractivity contribution in [1.82, 2.24) is 5.32 Å². The minimum atomic E-state index is 0.166. The average Bonchev–Trinajstić information content (AvgIpc) is 2.51. The van der Waals surface area contributed by atoms with E-state index in [4.69, 9.17) is 10.8 Å². The SMILES string of the molecule is CCC(CCO)NC(CN)c1ccc2c(c1)CCCN2C. The molecular weight excluding hydrogens is 262 g/mol. The number of benzene rings is 1. The van der Waals surface area contributed by atoms with Gasteiger partial charge < -0.3 is 21.1 Å². The van der Waals surface area contributed by atoms with Crippen LogP contribution in [0.2, 0.25) is 0 Å². The van der Waals surface area contributed by atoms with E-state index in [9.17, 15) is 0 Å². The van der Waals surface area contributed by atoms with E-state index in [0.29, 0.717) is 12.6 Å². The van der Waals surface area contributed by atoms with E-state index in [2.05, 4.69) is 42.4 Å². The first-order chi connectivity index (χ1) is 10.2. The Kier molecular flexibility index (Phi) is 6.03. The number of aliphatic hydroxyl groups excluding tert-OH is 1. The number of anilines is 1. The molecule has 4 nitrogen and oxygen atoms in total. The number of nitrogens with zero attached hydrogens (tertiary/aromatic N) is 1. The molecule has 2 unspecified atom stereocenters. The summed E-state index contributed by atoms with van der Waals surface area (Å²) in [6.45, 7) is 4.08. The summed E-state index contributed by atoms with van der Waals surface area (Å²) in [6.07, 6.45) is 4.15. The van der Waals surface area contributed by atoms with Crippen molar-refractivity contribution in [3.63, 3.8) is 0 Å². The molecule has 4 heteroatoms. The van der Waals surface area contributed by atoms with Gasteiger partial charge >= 0.3 is 0 Å². The van der Waals surface area contributed by atoms with Gasteiger partial charge in [-0.15, -0.1) is 0 Å². The second-order valence-electron chi connectivity index (χ2n) is 5.99. The topological polar surface area (TPSA) is 61.5 Å². The Bertz CT molecular complexity index is 450. The van der Waals surface area contributed by atoms with Crippen molar-refractivity contribution in [2.75, 3.05) is 31.6 Å². The summed E-state index contributed by atoms with van der Waals surface area (Å²) in [6, 6.07) is 7.21. The largest absolute Gasteiger partial charge is 0.396 e. The van der Waals surface area contributed by atoms with E-state index in [1.165, 1.54) is 23.2 Å². The summed E-state index contributed by atoms with van der Waals surface area (Å²) in [5.74, 6) is 0. The van der Waals surface area contributed by atoms with Crippen LogP contribution in [0.4, 0.5) is 5.69 Å². The maximum Gasteiger partial charge on any atom is 0.0446 e. The monoisotopic (exact) mass is 291 g/mol. The maximum atomic E-state index is 9.13. The third kappa shape index (κ3) is 3.96. The molecule has 118 valence electrons. The van der Waals surface area contributed by atoms with Gasteiger partial charge in [0, 0.05) is 44.5 Å². The van der Waals surface area contributed by atoms with Crippen LogP contribution in [0.3, 0.4) is 0 Å². The summed E-state index contributed by atoms with van der Waals surface area (Å²) in [7, 11) is 2.16. The minimum Gasteiger partial charge on any atom is -0.396 e. The van der Waals surface area contributed by atoms with Gasteiger partial charge in [-0.2, -0.15) is 0 Å². The zero-order chi connectivity index (χ0) is 15.2. The van der Waals surface area contributed by atoms with E-state index in [-0.39, 0.29) is 12.6 Å². The molecule has 0 aliphatic carbocycles. The number of rotatable bonds is 7. The highest BCUT2D eigenvalue weighted by Gasteiger charge is 2.18. The molecule has 0 spiro atoms. The molecule has 0 bridgehead atoms.